The van der Waals surface area contributed by atoms with E-state index >= 15 is 0 Å². The summed E-state index contributed by atoms with van der Waals surface area (Å²) in [5.74, 6) is 0.658. The van der Waals surface area contributed by atoms with Crippen LogP contribution in [0.4, 0.5) is 4.79 Å². The molecule has 13 heavy (non-hydrogen) atoms. The standard InChI is InChI=1S/C9H19N3O/c1-7(2)5-8-6-12(9(10)13)4-3-11-8/h7-8,11H,3-6H2,1-2H3,(H2,10,13). The molecular weight excluding hydrogens is 166 g/mol. The lowest BCUT2D eigenvalue weighted by Gasteiger charge is -2.33. The van der Waals surface area contributed by atoms with Gasteiger partial charge in [0, 0.05) is 25.7 Å². The van der Waals surface area contributed by atoms with Gasteiger partial charge in [0.1, 0.15) is 0 Å². The predicted octanol–water partition coefficient (Wildman–Crippen LogP) is 0.385. The maximum Gasteiger partial charge on any atom is 0.314 e. The Morgan fingerprint density at radius 3 is 2.92 bits per heavy atom. The number of nitrogens with zero attached hydrogens (tertiary/aromatic N) is 1. The lowest BCUT2D eigenvalue weighted by Crippen LogP contribution is -2.54. The fourth-order valence-corrected chi connectivity index (χ4v) is 1.75. The molecule has 0 aromatic rings. The van der Waals surface area contributed by atoms with Gasteiger partial charge in [0.05, 0.1) is 0 Å². The minimum absolute atomic E-state index is 0.296. The van der Waals surface area contributed by atoms with Crippen LogP contribution in [0.5, 0.6) is 0 Å². The van der Waals surface area contributed by atoms with Crippen LogP contribution in [0.1, 0.15) is 20.3 Å². The van der Waals surface area contributed by atoms with Crippen molar-refractivity contribution in [3.63, 3.8) is 0 Å². The van der Waals surface area contributed by atoms with Gasteiger partial charge in [0.15, 0.2) is 0 Å². The van der Waals surface area contributed by atoms with Crippen LogP contribution >= 0.6 is 0 Å². The van der Waals surface area contributed by atoms with Crippen molar-refractivity contribution in [3.05, 3.63) is 0 Å². The van der Waals surface area contributed by atoms with E-state index in [1.54, 1.807) is 4.90 Å². The van der Waals surface area contributed by atoms with Crippen LogP contribution in [0.25, 0.3) is 0 Å². The molecule has 1 unspecified atom stereocenters. The van der Waals surface area contributed by atoms with E-state index in [0.717, 1.165) is 26.1 Å². The highest BCUT2D eigenvalue weighted by Crippen LogP contribution is 2.08. The molecule has 4 nitrogen and oxygen atoms in total. The fourth-order valence-electron chi connectivity index (χ4n) is 1.75. The first-order valence-electron chi connectivity index (χ1n) is 4.87. The zero-order valence-corrected chi connectivity index (χ0v) is 8.42. The normalized spacial score (nSPS) is 23.6. The number of hydrogen-bond acceptors (Lipinski definition) is 2. The third kappa shape index (κ3) is 3.22. The average molecular weight is 185 g/mol. The molecule has 2 amide bonds. The van der Waals surface area contributed by atoms with Gasteiger partial charge in [-0.2, -0.15) is 0 Å². The van der Waals surface area contributed by atoms with Crippen LogP contribution < -0.4 is 11.1 Å². The summed E-state index contributed by atoms with van der Waals surface area (Å²) in [5.41, 5.74) is 5.22. The molecule has 1 rings (SSSR count). The molecule has 1 aliphatic rings. The number of carbonyl (C=O) groups is 1. The third-order valence-corrected chi connectivity index (χ3v) is 2.32. The van der Waals surface area contributed by atoms with Gasteiger partial charge in [-0.15, -0.1) is 0 Å². The summed E-state index contributed by atoms with van der Waals surface area (Å²) in [5, 5.41) is 3.39. The maximum atomic E-state index is 10.9. The van der Waals surface area contributed by atoms with Crippen molar-refractivity contribution in [2.45, 2.75) is 26.3 Å². The van der Waals surface area contributed by atoms with E-state index in [-0.39, 0.29) is 6.03 Å². The Morgan fingerprint density at radius 1 is 1.69 bits per heavy atom. The minimum atomic E-state index is -0.296. The first-order valence-corrected chi connectivity index (χ1v) is 4.87. The number of amides is 2. The Balaban J connectivity index is 2.37. The largest absolute Gasteiger partial charge is 0.351 e. The molecule has 1 aliphatic heterocycles. The van der Waals surface area contributed by atoms with Crippen molar-refractivity contribution in [1.29, 1.82) is 0 Å². The average Bonchev–Trinajstić information content (AvgIpc) is 2.03. The smallest absolute Gasteiger partial charge is 0.314 e. The van der Waals surface area contributed by atoms with Crippen LogP contribution in [0.3, 0.4) is 0 Å². The van der Waals surface area contributed by atoms with E-state index < -0.39 is 0 Å². The Bertz CT molecular complexity index is 182. The monoisotopic (exact) mass is 185 g/mol. The van der Waals surface area contributed by atoms with E-state index in [0.29, 0.717) is 12.0 Å². The SMILES string of the molecule is CC(C)CC1CN(C(N)=O)CCN1. The highest BCUT2D eigenvalue weighted by Gasteiger charge is 2.21. The summed E-state index contributed by atoms with van der Waals surface area (Å²) in [6.07, 6.45) is 1.10. The maximum absolute atomic E-state index is 10.9. The molecule has 3 N–H and O–H groups in total. The van der Waals surface area contributed by atoms with Crippen molar-refractivity contribution in [2.24, 2.45) is 11.7 Å². The number of piperazine rings is 1. The second-order valence-corrected chi connectivity index (χ2v) is 4.06. The van der Waals surface area contributed by atoms with E-state index in [4.69, 9.17) is 5.73 Å². The lowest BCUT2D eigenvalue weighted by molar-refractivity contribution is 0.180. The van der Waals surface area contributed by atoms with Crippen LogP contribution in [-0.4, -0.2) is 36.6 Å². The zero-order valence-electron chi connectivity index (χ0n) is 8.42. The van der Waals surface area contributed by atoms with Crippen molar-refractivity contribution < 1.29 is 4.79 Å². The zero-order chi connectivity index (χ0) is 9.84. The van der Waals surface area contributed by atoms with Gasteiger partial charge < -0.3 is 16.0 Å². The molecule has 1 fully saturated rings. The highest BCUT2D eigenvalue weighted by molar-refractivity contribution is 5.72. The predicted molar refractivity (Wildman–Crippen MR) is 52.4 cm³/mol. The summed E-state index contributed by atoms with van der Waals surface area (Å²) < 4.78 is 0. The van der Waals surface area contributed by atoms with Crippen molar-refractivity contribution in [2.75, 3.05) is 19.6 Å². The Labute approximate surface area is 79.5 Å². The molecule has 0 radical (unpaired) electrons. The number of urea groups is 1. The lowest BCUT2D eigenvalue weighted by atomic mass is 10.0. The number of hydrogen-bond donors (Lipinski definition) is 2. The van der Waals surface area contributed by atoms with Crippen LogP contribution in [-0.2, 0) is 0 Å². The summed E-state index contributed by atoms with van der Waals surface area (Å²) in [6, 6.07) is 0.122. The fraction of sp³-hybridized carbons (Fsp3) is 0.889. The topological polar surface area (TPSA) is 58.4 Å². The summed E-state index contributed by atoms with van der Waals surface area (Å²) in [6.45, 7) is 6.73. The highest BCUT2D eigenvalue weighted by atomic mass is 16.2. The number of carbonyl (C=O) groups excluding carboxylic acids is 1. The minimum Gasteiger partial charge on any atom is -0.351 e. The molecule has 4 heteroatoms. The quantitative estimate of drug-likeness (QED) is 0.653. The molecule has 0 aliphatic carbocycles. The molecule has 1 atom stereocenters. The third-order valence-electron chi connectivity index (χ3n) is 2.32. The number of nitrogens with one attached hydrogen (secondary N) is 1. The van der Waals surface area contributed by atoms with Gasteiger partial charge in [-0.3, -0.25) is 0 Å². The molecule has 0 spiro atoms. The second-order valence-electron chi connectivity index (χ2n) is 4.06. The van der Waals surface area contributed by atoms with Crippen molar-refractivity contribution in [3.8, 4) is 0 Å². The first kappa shape index (κ1) is 10.3. The van der Waals surface area contributed by atoms with Crippen molar-refractivity contribution in [1.82, 2.24) is 10.2 Å². The van der Waals surface area contributed by atoms with Gasteiger partial charge in [0.2, 0.25) is 0 Å². The summed E-state index contributed by atoms with van der Waals surface area (Å²) in [4.78, 5) is 12.6. The summed E-state index contributed by atoms with van der Waals surface area (Å²) in [7, 11) is 0. The Morgan fingerprint density at radius 2 is 2.38 bits per heavy atom. The molecular formula is C9H19N3O. The van der Waals surface area contributed by atoms with E-state index in [2.05, 4.69) is 19.2 Å². The van der Waals surface area contributed by atoms with E-state index in [9.17, 15) is 4.79 Å². The molecule has 76 valence electrons. The Hall–Kier alpha value is -0.770. The van der Waals surface area contributed by atoms with Gasteiger partial charge in [-0.25, -0.2) is 4.79 Å². The molecule has 1 saturated heterocycles. The molecule has 0 aromatic carbocycles. The van der Waals surface area contributed by atoms with E-state index in [1.165, 1.54) is 0 Å². The number of primary amides is 1. The molecule has 0 saturated carbocycles. The van der Waals surface area contributed by atoms with Gasteiger partial charge in [-0.1, -0.05) is 13.8 Å². The van der Waals surface area contributed by atoms with Gasteiger partial charge >= 0.3 is 6.03 Å². The first-order chi connectivity index (χ1) is 6.09. The molecule has 1 heterocycles. The van der Waals surface area contributed by atoms with Gasteiger partial charge in [0.25, 0.3) is 0 Å². The Kier molecular flexibility index (Phi) is 3.54. The number of rotatable bonds is 2. The van der Waals surface area contributed by atoms with Crippen molar-refractivity contribution >= 4 is 6.03 Å². The van der Waals surface area contributed by atoms with E-state index in [1.807, 2.05) is 0 Å². The molecule has 0 aromatic heterocycles. The van der Waals surface area contributed by atoms with Crippen LogP contribution in [0, 0.1) is 5.92 Å². The number of nitrogens with two attached hydrogens (primary N) is 1. The molecule has 0 bridgehead atoms. The van der Waals surface area contributed by atoms with Crippen LogP contribution in [0.2, 0.25) is 0 Å². The second kappa shape index (κ2) is 4.46. The van der Waals surface area contributed by atoms with Crippen LogP contribution in [0.15, 0.2) is 0 Å². The summed E-state index contributed by atoms with van der Waals surface area (Å²) >= 11 is 0. The van der Waals surface area contributed by atoms with Gasteiger partial charge in [-0.05, 0) is 12.3 Å².